The van der Waals surface area contributed by atoms with Crippen molar-refractivity contribution in [3.8, 4) is 0 Å². The molecule has 0 aliphatic heterocycles. The zero-order valence-corrected chi connectivity index (χ0v) is 29.4. The van der Waals surface area contributed by atoms with Crippen molar-refractivity contribution in [1.82, 2.24) is 19.9 Å². The number of benzene rings is 6. The number of ketones is 2. The molecule has 8 rings (SSSR count). The zero-order chi connectivity index (χ0) is 40.7. The Morgan fingerprint density at radius 2 is 0.810 bits per heavy atom. The Morgan fingerprint density at radius 3 is 1.22 bits per heavy atom. The molecule has 0 saturated heterocycles. The maximum absolute atomic E-state index is 15.8. The van der Waals surface area contributed by atoms with E-state index in [-0.39, 0.29) is 33.5 Å². The molecule has 0 saturated carbocycles. The Hall–Kier alpha value is -7.81. The molecule has 0 fully saturated rings. The van der Waals surface area contributed by atoms with E-state index < -0.39 is 75.0 Å². The molecular formula is C43H22F6N6O3. The van der Waals surface area contributed by atoms with Crippen molar-refractivity contribution in [2.75, 3.05) is 9.80 Å². The van der Waals surface area contributed by atoms with Gasteiger partial charge in [0.05, 0.1) is 55.9 Å². The molecule has 6 aromatic carbocycles. The predicted molar refractivity (Wildman–Crippen MR) is 201 cm³/mol. The molecular weight excluding hydrogens is 762 g/mol. The summed E-state index contributed by atoms with van der Waals surface area (Å²) in [6.07, 6.45) is 5.55. The van der Waals surface area contributed by atoms with Gasteiger partial charge >= 0.3 is 6.03 Å². The van der Waals surface area contributed by atoms with E-state index in [4.69, 9.17) is 0 Å². The lowest BCUT2D eigenvalue weighted by atomic mass is 9.99. The van der Waals surface area contributed by atoms with Gasteiger partial charge in [0.15, 0.2) is 34.8 Å². The first kappa shape index (κ1) is 37.1. The van der Waals surface area contributed by atoms with Crippen molar-refractivity contribution in [2.45, 2.75) is 0 Å². The van der Waals surface area contributed by atoms with E-state index in [0.29, 0.717) is 28.1 Å². The van der Waals surface area contributed by atoms with Crippen LogP contribution in [0.2, 0.25) is 0 Å². The number of halogens is 6. The summed E-state index contributed by atoms with van der Waals surface area (Å²) in [4.78, 5) is 60.6. The fraction of sp³-hybridized carbons (Fsp3) is 0. The van der Waals surface area contributed by atoms with Crippen molar-refractivity contribution < 1.29 is 40.7 Å². The summed E-state index contributed by atoms with van der Waals surface area (Å²) in [6, 6.07) is 18.3. The second-order valence-corrected chi connectivity index (χ2v) is 12.7. The molecule has 2 amide bonds. The summed E-state index contributed by atoms with van der Waals surface area (Å²) in [5.74, 6) is -10.3. The zero-order valence-electron chi connectivity index (χ0n) is 29.4. The molecule has 58 heavy (non-hydrogen) atoms. The van der Waals surface area contributed by atoms with Crippen LogP contribution in [0.15, 0.2) is 134 Å². The molecule has 0 bridgehead atoms. The van der Waals surface area contributed by atoms with Crippen LogP contribution < -0.4 is 9.80 Å². The van der Waals surface area contributed by atoms with E-state index in [0.717, 1.165) is 41.3 Å². The molecule has 0 atom stereocenters. The predicted octanol–water partition coefficient (Wildman–Crippen LogP) is 9.97. The molecule has 0 radical (unpaired) electrons. The van der Waals surface area contributed by atoms with E-state index in [9.17, 15) is 18.4 Å². The average Bonchev–Trinajstić information content (AvgIpc) is 3.22. The summed E-state index contributed by atoms with van der Waals surface area (Å²) < 4.78 is 92.3. The third-order valence-corrected chi connectivity index (χ3v) is 9.01. The van der Waals surface area contributed by atoms with Crippen LogP contribution in [0.1, 0.15) is 31.8 Å². The van der Waals surface area contributed by atoms with Crippen LogP contribution in [-0.2, 0) is 0 Å². The third kappa shape index (κ3) is 6.96. The van der Waals surface area contributed by atoms with Gasteiger partial charge in [-0.2, -0.15) is 0 Å². The first-order chi connectivity index (χ1) is 28.0. The number of rotatable bonds is 8. The minimum absolute atomic E-state index is 0.150. The van der Waals surface area contributed by atoms with Crippen molar-refractivity contribution in [1.29, 1.82) is 0 Å². The molecule has 2 heterocycles. The van der Waals surface area contributed by atoms with E-state index in [1.165, 1.54) is 85.5 Å². The number of hydrogen-bond acceptors (Lipinski definition) is 7. The lowest BCUT2D eigenvalue weighted by Gasteiger charge is -2.32. The van der Waals surface area contributed by atoms with Gasteiger partial charge in [0.1, 0.15) is 11.6 Å². The highest BCUT2D eigenvalue weighted by Gasteiger charge is 2.32. The maximum atomic E-state index is 15.8. The smallest absolute Gasteiger partial charge is 0.288 e. The Labute approximate surface area is 323 Å². The summed E-state index contributed by atoms with van der Waals surface area (Å²) in [5, 5.41) is 0. The van der Waals surface area contributed by atoms with Gasteiger partial charge < -0.3 is 0 Å². The summed E-state index contributed by atoms with van der Waals surface area (Å²) in [7, 11) is 0. The van der Waals surface area contributed by atoms with E-state index in [1.807, 2.05) is 0 Å². The van der Waals surface area contributed by atoms with Gasteiger partial charge in [-0.25, -0.2) is 31.1 Å². The third-order valence-electron chi connectivity index (χ3n) is 9.01. The first-order valence-corrected chi connectivity index (χ1v) is 17.1. The molecule has 8 aromatic rings. The minimum Gasteiger partial charge on any atom is -0.288 e. The monoisotopic (exact) mass is 784 g/mol. The number of aromatic nitrogens is 4. The van der Waals surface area contributed by atoms with Crippen LogP contribution in [0.25, 0.3) is 22.1 Å². The molecule has 15 heteroatoms. The van der Waals surface area contributed by atoms with Crippen LogP contribution in [0, 0.1) is 34.9 Å². The highest BCUT2D eigenvalue weighted by molar-refractivity contribution is 6.16. The molecule has 0 unspecified atom stereocenters. The number of anilines is 4. The van der Waals surface area contributed by atoms with Crippen molar-refractivity contribution in [3.63, 3.8) is 0 Å². The number of carbonyl (C=O) groups is 3. The van der Waals surface area contributed by atoms with Gasteiger partial charge in [0, 0.05) is 48.0 Å². The lowest BCUT2D eigenvalue weighted by Crippen LogP contribution is -2.38. The number of urea groups is 1. The van der Waals surface area contributed by atoms with Crippen LogP contribution >= 0.6 is 0 Å². The largest absolute Gasteiger partial charge is 0.338 e. The van der Waals surface area contributed by atoms with Gasteiger partial charge in [-0.3, -0.25) is 39.3 Å². The average molecular weight is 785 g/mol. The van der Waals surface area contributed by atoms with Crippen LogP contribution in [0.5, 0.6) is 0 Å². The lowest BCUT2D eigenvalue weighted by molar-refractivity contribution is 0.102. The van der Waals surface area contributed by atoms with Crippen molar-refractivity contribution in [3.05, 3.63) is 191 Å². The minimum atomic E-state index is -1.64. The van der Waals surface area contributed by atoms with Crippen LogP contribution in [0.3, 0.4) is 0 Å². The quantitative estimate of drug-likeness (QED) is 0.111. The molecule has 0 aliphatic carbocycles. The van der Waals surface area contributed by atoms with Gasteiger partial charge in [-0.05, 0) is 84.9 Å². The van der Waals surface area contributed by atoms with Gasteiger partial charge in [-0.15, -0.1) is 0 Å². The fourth-order valence-corrected chi connectivity index (χ4v) is 6.33. The SMILES string of the molecule is O=C(c1ccc2nccnc2c1)c1cc(N(C(=O)N(c2cccc(F)c2)c2cccc(F)c2)c2cc(F)c(F)c(C(=O)c3ccc4nccnc4c3)c2)cc(F)c1F. The van der Waals surface area contributed by atoms with Crippen molar-refractivity contribution in [2.24, 2.45) is 0 Å². The molecule has 0 aliphatic rings. The number of carbonyl (C=O) groups excluding carboxylic acids is 3. The maximum Gasteiger partial charge on any atom is 0.338 e. The molecule has 0 N–H and O–H groups in total. The number of nitrogens with zero attached hydrogens (tertiary/aromatic N) is 6. The Balaban J connectivity index is 1.34. The standard InChI is InChI=1S/C43H22F6N6O3/c44-25-3-1-5-27(17-25)54(28-6-2-4-26(45)18-28)43(58)55(29-19-31(39(48)33(46)21-29)41(56)23-7-9-35-37(15-23)52-13-11-50-35)30-20-32(40(49)34(47)22-30)42(57)24-8-10-36-38(16-24)53-14-12-51-36/h1-22H. The number of amides is 2. The van der Waals surface area contributed by atoms with E-state index in [1.54, 1.807) is 0 Å². The van der Waals surface area contributed by atoms with Gasteiger partial charge in [0.25, 0.3) is 0 Å². The Kier molecular flexibility index (Phi) is 9.62. The van der Waals surface area contributed by atoms with Crippen LogP contribution in [0.4, 0.5) is 53.9 Å². The highest BCUT2D eigenvalue weighted by Crippen LogP contribution is 2.37. The summed E-state index contributed by atoms with van der Waals surface area (Å²) in [5.41, 5.74) is -2.48. The van der Waals surface area contributed by atoms with Crippen molar-refractivity contribution >= 4 is 62.4 Å². The van der Waals surface area contributed by atoms with E-state index in [2.05, 4.69) is 19.9 Å². The van der Waals surface area contributed by atoms with E-state index >= 15 is 22.4 Å². The second kappa shape index (κ2) is 15.0. The number of hydrogen-bond donors (Lipinski definition) is 0. The first-order valence-electron chi connectivity index (χ1n) is 17.1. The summed E-state index contributed by atoms with van der Waals surface area (Å²) >= 11 is 0. The highest BCUT2D eigenvalue weighted by atomic mass is 19.2. The molecule has 2 aromatic heterocycles. The number of fused-ring (bicyclic) bond motifs is 2. The second-order valence-electron chi connectivity index (χ2n) is 12.7. The summed E-state index contributed by atoms with van der Waals surface area (Å²) in [6.45, 7) is 0. The molecule has 284 valence electrons. The fourth-order valence-electron chi connectivity index (χ4n) is 6.33. The normalized spacial score (nSPS) is 11.1. The van der Waals surface area contributed by atoms with Crippen LogP contribution in [-0.4, -0.2) is 37.5 Å². The Morgan fingerprint density at radius 1 is 0.414 bits per heavy atom. The van der Waals surface area contributed by atoms with Gasteiger partial charge in [-0.1, -0.05) is 12.1 Å². The molecule has 9 nitrogen and oxygen atoms in total. The topological polar surface area (TPSA) is 109 Å². The Bertz CT molecular complexity index is 2790. The molecule has 0 spiro atoms. The van der Waals surface area contributed by atoms with Gasteiger partial charge in [0.2, 0.25) is 0 Å².